The molecule has 0 saturated carbocycles. The van der Waals surface area contributed by atoms with Crippen LogP contribution in [0.25, 0.3) is 0 Å². The van der Waals surface area contributed by atoms with Crippen molar-refractivity contribution >= 4 is 11.8 Å². The van der Waals surface area contributed by atoms with E-state index in [2.05, 4.69) is 22.3 Å². The Morgan fingerprint density at radius 1 is 1.09 bits per heavy atom. The van der Waals surface area contributed by atoms with Gasteiger partial charge >= 0.3 is 0 Å². The van der Waals surface area contributed by atoms with Gasteiger partial charge in [-0.2, -0.15) is 0 Å². The summed E-state index contributed by atoms with van der Waals surface area (Å²) in [5, 5.41) is 2.91. The Kier molecular flexibility index (Phi) is 3.37. The molecule has 5 nitrogen and oxygen atoms in total. The molecule has 1 aromatic rings. The SMILES string of the molecule is O=C1NCCN2CCN(C(=O)C3Cc4ccccc4C3)C[C@@H]12. The van der Waals surface area contributed by atoms with E-state index in [0.29, 0.717) is 6.54 Å². The molecule has 5 heteroatoms. The van der Waals surface area contributed by atoms with Gasteiger partial charge in [-0.1, -0.05) is 24.3 Å². The summed E-state index contributed by atoms with van der Waals surface area (Å²) in [6.07, 6.45) is 1.68. The maximum atomic E-state index is 12.8. The highest BCUT2D eigenvalue weighted by atomic mass is 16.2. The second kappa shape index (κ2) is 5.39. The molecule has 3 aliphatic rings. The van der Waals surface area contributed by atoms with Crippen molar-refractivity contribution in [3.63, 3.8) is 0 Å². The molecule has 0 radical (unpaired) electrons. The number of rotatable bonds is 1. The van der Waals surface area contributed by atoms with E-state index in [4.69, 9.17) is 0 Å². The fraction of sp³-hybridized carbons (Fsp3) is 0.529. The third kappa shape index (κ3) is 2.29. The zero-order valence-electron chi connectivity index (χ0n) is 12.6. The summed E-state index contributed by atoms with van der Waals surface area (Å²) in [6, 6.07) is 8.16. The third-order valence-electron chi connectivity index (χ3n) is 5.20. The van der Waals surface area contributed by atoms with Crippen molar-refractivity contribution in [2.75, 3.05) is 32.7 Å². The predicted octanol–water partition coefficient (Wildman–Crippen LogP) is 0.0440. The van der Waals surface area contributed by atoms with Gasteiger partial charge in [-0.05, 0) is 24.0 Å². The van der Waals surface area contributed by atoms with Crippen molar-refractivity contribution in [2.24, 2.45) is 5.92 Å². The van der Waals surface area contributed by atoms with E-state index in [-0.39, 0.29) is 23.8 Å². The normalized spacial score (nSPS) is 25.5. The van der Waals surface area contributed by atoms with Gasteiger partial charge in [-0.3, -0.25) is 14.5 Å². The quantitative estimate of drug-likeness (QED) is 0.797. The van der Waals surface area contributed by atoms with Gasteiger partial charge in [0.25, 0.3) is 0 Å². The van der Waals surface area contributed by atoms with Crippen molar-refractivity contribution in [1.82, 2.24) is 15.1 Å². The zero-order chi connectivity index (χ0) is 15.1. The van der Waals surface area contributed by atoms with E-state index in [0.717, 1.165) is 39.0 Å². The average molecular weight is 299 g/mol. The van der Waals surface area contributed by atoms with Crippen LogP contribution in [0.5, 0.6) is 0 Å². The van der Waals surface area contributed by atoms with Crippen LogP contribution in [-0.2, 0) is 22.4 Å². The summed E-state index contributed by atoms with van der Waals surface area (Å²) >= 11 is 0. The molecule has 4 rings (SSSR count). The van der Waals surface area contributed by atoms with Gasteiger partial charge in [0.1, 0.15) is 6.04 Å². The van der Waals surface area contributed by atoms with Crippen molar-refractivity contribution in [2.45, 2.75) is 18.9 Å². The minimum Gasteiger partial charge on any atom is -0.353 e. The molecule has 2 heterocycles. The Morgan fingerprint density at radius 3 is 2.55 bits per heavy atom. The van der Waals surface area contributed by atoms with Crippen LogP contribution in [0.3, 0.4) is 0 Å². The highest BCUT2D eigenvalue weighted by Gasteiger charge is 2.38. The third-order valence-corrected chi connectivity index (χ3v) is 5.20. The van der Waals surface area contributed by atoms with Gasteiger partial charge in [0.15, 0.2) is 0 Å². The minimum atomic E-state index is -0.157. The Bertz CT molecular complexity index is 591. The molecule has 0 spiro atoms. The number of amides is 2. The van der Waals surface area contributed by atoms with E-state index in [9.17, 15) is 9.59 Å². The number of hydrogen-bond acceptors (Lipinski definition) is 3. The van der Waals surface area contributed by atoms with E-state index in [1.807, 2.05) is 17.0 Å². The molecule has 0 unspecified atom stereocenters. The van der Waals surface area contributed by atoms with Crippen LogP contribution in [0.1, 0.15) is 11.1 Å². The molecule has 1 N–H and O–H groups in total. The maximum absolute atomic E-state index is 12.8. The highest BCUT2D eigenvalue weighted by Crippen LogP contribution is 2.28. The Balaban J connectivity index is 1.45. The van der Waals surface area contributed by atoms with Gasteiger partial charge in [0.2, 0.25) is 11.8 Å². The number of carbonyl (C=O) groups excluding carboxylic acids is 2. The lowest BCUT2D eigenvalue weighted by atomic mass is 10.0. The number of hydrogen-bond donors (Lipinski definition) is 1. The summed E-state index contributed by atoms with van der Waals surface area (Å²) < 4.78 is 0. The summed E-state index contributed by atoms with van der Waals surface area (Å²) in [6.45, 7) is 3.71. The van der Waals surface area contributed by atoms with Gasteiger partial charge < -0.3 is 10.2 Å². The summed E-state index contributed by atoms with van der Waals surface area (Å²) in [4.78, 5) is 28.9. The van der Waals surface area contributed by atoms with Crippen LogP contribution < -0.4 is 5.32 Å². The molecule has 2 amide bonds. The second-order valence-corrected chi connectivity index (χ2v) is 6.50. The smallest absolute Gasteiger partial charge is 0.239 e. The molecule has 2 aliphatic heterocycles. The fourth-order valence-electron chi connectivity index (χ4n) is 3.97. The summed E-state index contributed by atoms with van der Waals surface area (Å²) in [5.74, 6) is 0.336. The highest BCUT2D eigenvalue weighted by molar-refractivity contribution is 5.85. The zero-order valence-corrected chi connectivity index (χ0v) is 12.6. The lowest BCUT2D eigenvalue weighted by Gasteiger charge is -2.43. The van der Waals surface area contributed by atoms with E-state index in [1.165, 1.54) is 11.1 Å². The first-order chi connectivity index (χ1) is 10.7. The summed E-state index contributed by atoms with van der Waals surface area (Å²) in [7, 11) is 0. The van der Waals surface area contributed by atoms with Crippen molar-refractivity contribution in [3.05, 3.63) is 35.4 Å². The van der Waals surface area contributed by atoms with Crippen LogP contribution in [0.15, 0.2) is 24.3 Å². The Morgan fingerprint density at radius 2 is 1.82 bits per heavy atom. The van der Waals surface area contributed by atoms with Gasteiger partial charge in [0, 0.05) is 38.6 Å². The van der Waals surface area contributed by atoms with Crippen molar-refractivity contribution in [1.29, 1.82) is 0 Å². The summed E-state index contributed by atoms with van der Waals surface area (Å²) in [5.41, 5.74) is 2.60. The molecule has 1 aliphatic carbocycles. The molecular formula is C17H21N3O2. The fourth-order valence-corrected chi connectivity index (χ4v) is 3.97. The molecular weight excluding hydrogens is 278 g/mol. The standard InChI is InChI=1S/C17H21N3O2/c21-16-15-11-20(8-7-19(15)6-5-18-16)17(22)14-9-12-3-1-2-4-13(12)10-14/h1-4,14-15H,5-11H2,(H,18,21)/t15-/m0/s1. The number of benzene rings is 1. The van der Waals surface area contributed by atoms with Gasteiger partial charge in [-0.15, -0.1) is 0 Å². The van der Waals surface area contributed by atoms with Crippen molar-refractivity contribution < 1.29 is 9.59 Å². The van der Waals surface area contributed by atoms with E-state index in [1.54, 1.807) is 0 Å². The van der Waals surface area contributed by atoms with Crippen LogP contribution in [0.4, 0.5) is 0 Å². The molecule has 0 bridgehead atoms. The average Bonchev–Trinajstić information content (AvgIpc) is 2.98. The molecule has 22 heavy (non-hydrogen) atoms. The van der Waals surface area contributed by atoms with Crippen molar-refractivity contribution in [3.8, 4) is 0 Å². The monoisotopic (exact) mass is 299 g/mol. The molecule has 1 aromatic carbocycles. The van der Waals surface area contributed by atoms with E-state index >= 15 is 0 Å². The minimum absolute atomic E-state index is 0.0515. The Hall–Kier alpha value is -1.88. The molecule has 0 aromatic heterocycles. The number of carbonyl (C=O) groups is 2. The van der Waals surface area contributed by atoms with Gasteiger partial charge in [0.05, 0.1) is 0 Å². The first-order valence-corrected chi connectivity index (χ1v) is 8.10. The predicted molar refractivity (Wildman–Crippen MR) is 82.3 cm³/mol. The molecule has 1 atom stereocenters. The van der Waals surface area contributed by atoms with Crippen LogP contribution >= 0.6 is 0 Å². The van der Waals surface area contributed by atoms with E-state index < -0.39 is 0 Å². The maximum Gasteiger partial charge on any atom is 0.239 e. The lowest BCUT2D eigenvalue weighted by Crippen LogP contribution is -2.64. The largest absolute Gasteiger partial charge is 0.353 e. The Labute approximate surface area is 130 Å². The lowest BCUT2D eigenvalue weighted by molar-refractivity contribution is -0.142. The van der Waals surface area contributed by atoms with Gasteiger partial charge in [-0.25, -0.2) is 0 Å². The molecule has 116 valence electrons. The first kappa shape index (κ1) is 13.8. The molecule has 2 fully saturated rings. The number of nitrogens with zero attached hydrogens (tertiary/aromatic N) is 2. The number of nitrogens with one attached hydrogen (secondary N) is 1. The number of piperazine rings is 2. The van der Waals surface area contributed by atoms with Crippen LogP contribution in [-0.4, -0.2) is 60.4 Å². The molecule has 2 saturated heterocycles. The topological polar surface area (TPSA) is 52.7 Å². The number of fused-ring (bicyclic) bond motifs is 2. The first-order valence-electron chi connectivity index (χ1n) is 8.10. The second-order valence-electron chi connectivity index (χ2n) is 6.50. The van der Waals surface area contributed by atoms with Crippen LogP contribution in [0.2, 0.25) is 0 Å². The van der Waals surface area contributed by atoms with Crippen LogP contribution in [0, 0.1) is 5.92 Å².